The highest BCUT2D eigenvalue weighted by molar-refractivity contribution is 5.84. The molecule has 1 amide bonds. The summed E-state index contributed by atoms with van der Waals surface area (Å²) in [6.07, 6.45) is 10.2. The molecule has 7 rings (SSSR count). The number of anilines is 2. The molecular weight excluding hydrogens is 645 g/mol. The van der Waals surface area contributed by atoms with Gasteiger partial charge >= 0.3 is 6.09 Å². The number of pyridine rings is 3. The van der Waals surface area contributed by atoms with Gasteiger partial charge in [0.1, 0.15) is 11.4 Å². The normalized spacial score (nSPS) is 19.6. The maximum absolute atomic E-state index is 16.0. The number of ether oxygens (including phenoxy) is 1. The van der Waals surface area contributed by atoms with E-state index in [1.165, 1.54) is 6.07 Å². The molecule has 3 fully saturated rings. The molecule has 3 aromatic heterocycles. The molecule has 11 heteroatoms. The van der Waals surface area contributed by atoms with Crippen LogP contribution in [-0.2, 0) is 17.8 Å². The second-order valence-corrected chi connectivity index (χ2v) is 15.6. The van der Waals surface area contributed by atoms with Gasteiger partial charge in [-0.3, -0.25) is 19.7 Å². The molecule has 2 atom stereocenters. The van der Waals surface area contributed by atoms with Crippen LogP contribution in [0.2, 0.25) is 0 Å². The zero-order chi connectivity index (χ0) is 35.9. The first-order valence-electron chi connectivity index (χ1n) is 18.3. The molecule has 0 radical (unpaired) electrons. The van der Waals surface area contributed by atoms with Gasteiger partial charge in [-0.1, -0.05) is 0 Å². The maximum atomic E-state index is 16.0. The summed E-state index contributed by atoms with van der Waals surface area (Å²) in [5.41, 5.74) is 5.41. The number of carbonyl (C=O) groups is 1. The molecule has 270 valence electrons. The molecule has 0 spiro atoms. The fraction of sp³-hybridized carbons (Fsp3) is 0.500. The highest BCUT2D eigenvalue weighted by atomic mass is 19.1. The molecule has 3 aliphatic rings. The van der Waals surface area contributed by atoms with Crippen molar-refractivity contribution in [1.29, 1.82) is 0 Å². The fourth-order valence-electron chi connectivity index (χ4n) is 7.60. The van der Waals surface area contributed by atoms with Gasteiger partial charge in [-0.25, -0.2) is 9.18 Å². The monoisotopic (exact) mass is 695 g/mol. The van der Waals surface area contributed by atoms with Crippen molar-refractivity contribution in [2.75, 3.05) is 36.0 Å². The van der Waals surface area contributed by atoms with Gasteiger partial charge in [0, 0.05) is 86.1 Å². The lowest BCUT2D eigenvalue weighted by Gasteiger charge is -2.40. The number of aryl methyl sites for hydroxylation is 2. The second kappa shape index (κ2) is 14.3. The van der Waals surface area contributed by atoms with E-state index in [0.717, 1.165) is 66.9 Å². The van der Waals surface area contributed by atoms with Crippen LogP contribution >= 0.6 is 0 Å². The Morgan fingerprint density at radius 2 is 1.80 bits per heavy atom. The van der Waals surface area contributed by atoms with Crippen molar-refractivity contribution < 1.29 is 13.9 Å². The van der Waals surface area contributed by atoms with Crippen LogP contribution in [0.5, 0.6) is 0 Å². The summed E-state index contributed by atoms with van der Waals surface area (Å²) in [6.45, 7) is 13.5. The minimum atomic E-state index is -0.594. The number of nitrogens with one attached hydrogen (secondary N) is 1. The van der Waals surface area contributed by atoms with Gasteiger partial charge in [0.05, 0.1) is 29.1 Å². The first-order chi connectivity index (χ1) is 24.4. The van der Waals surface area contributed by atoms with Gasteiger partial charge in [0.2, 0.25) is 0 Å². The van der Waals surface area contributed by atoms with Gasteiger partial charge in [-0.2, -0.15) is 0 Å². The molecular formula is C40H50FN7O3. The van der Waals surface area contributed by atoms with Crippen molar-refractivity contribution in [2.24, 2.45) is 0 Å². The quantitative estimate of drug-likeness (QED) is 0.208. The molecule has 2 saturated heterocycles. The molecule has 10 nitrogen and oxygen atoms in total. The minimum Gasteiger partial charge on any atom is -0.444 e. The Morgan fingerprint density at radius 1 is 0.980 bits per heavy atom. The van der Waals surface area contributed by atoms with E-state index in [-0.39, 0.29) is 23.6 Å². The summed E-state index contributed by atoms with van der Waals surface area (Å²) in [6, 6.07) is 12.0. The Hall–Kier alpha value is -4.51. The zero-order valence-corrected chi connectivity index (χ0v) is 30.5. The lowest BCUT2D eigenvalue weighted by molar-refractivity contribution is 0.0509. The first kappa shape index (κ1) is 34.9. The number of benzene rings is 1. The van der Waals surface area contributed by atoms with Crippen LogP contribution in [0.15, 0.2) is 59.8 Å². The molecule has 5 heterocycles. The number of rotatable bonds is 9. The lowest BCUT2D eigenvalue weighted by atomic mass is 10.0. The number of carbonyl (C=O) groups excluding carboxylic acids is 1. The summed E-state index contributed by atoms with van der Waals surface area (Å²) in [4.78, 5) is 42.5. The molecule has 1 aromatic carbocycles. The van der Waals surface area contributed by atoms with E-state index < -0.39 is 17.5 Å². The fourth-order valence-corrected chi connectivity index (χ4v) is 7.60. The number of halogens is 1. The van der Waals surface area contributed by atoms with Gasteiger partial charge < -0.3 is 24.4 Å². The average molecular weight is 696 g/mol. The average Bonchev–Trinajstić information content (AvgIpc) is 3.83. The van der Waals surface area contributed by atoms with Crippen molar-refractivity contribution in [3.8, 4) is 0 Å². The maximum Gasteiger partial charge on any atom is 0.407 e. The Balaban J connectivity index is 1.18. The van der Waals surface area contributed by atoms with Crippen molar-refractivity contribution in [1.82, 2.24) is 24.8 Å². The van der Waals surface area contributed by atoms with Crippen molar-refractivity contribution in [3.63, 3.8) is 0 Å². The number of nitrogens with zero attached hydrogens (tertiary/aromatic N) is 6. The Kier molecular flexibility index (Phi) is 9.76. The zero-order valence-electron chi connectivity index (χ0n) is 30.5. The molecule has 1 saturated carbocycles. The summed E-state index contributed by atoms with van der Waals surface area (Å²) >= 11 is 0. The third kappa shape index (κ3) is 8.19. The predicted octanol–water partition coefficient (Wildman–Crippen LogP) is 6.66. The van der Waals surface area contributed by atoms with Gasteiger partial charge in [-0.05, 0) is 109 Å². The van der Waals surface area contributed by atoms with Gasteiger partial charge in [0.25, 0.3) is 0 Å². The number of piperidine rings is 1. The molecule has 51 heavy (non-hydrogen) atoms. The van der Waals surface area contributed by atoms with Gasteiger partial charge in [0.15, 0.2) is 5.43 Å². The minimum absolute atomic E-state index is 0.121. The molecule has 0 unspecified atom stereocenters. The topological polar surface area (TPSA) is 95.8 Å². The van der Waals surface area contributed by atoms with Gasteiger partial charge in [-0.15, -0.1) is 0 Å². The van der Waals surface area contributed by atoms with E-state index in [2.05, 4.69) is 53.9 Å². The van der Waals surface area contributed by atoms with Crippen LogP contribution in [0, 0.1) is 19.7 Å². The number of aromatic nitrogens is 3. The second-order valence-electron chi connectivity index (χ2n) is 15.6. The Labute approximate surface area is 299 Å². The van der Waals surface area contributed by atoms with Crippen molar-refractivity contribution >= 4 is 28.4 Å². The van der Waals surface area contributed by atoms with E-state index in [1.807, 2.05) is 64.2 Å². The highest BCUT2D eigenvalue weighted by Gasteiger charge is 2.32. The summed E-state index contributed by atoms with van der Waals surface area (Å²) in [5.74, 6) is -0.421. The molecule has 0 bridgehead atoms. The summed E-state index contributed by atoms with van der Waals surface area (Å²) < 4.78 is 23.7. The largest absolute Gasteiger partial charge is 0.444 e. The first-order valence-corrected chi connectivity index (χ1v) is 18.3. The predicted molar refractivity (Wildman–Crippen MR) is 199 cm³/mol. The number of fused-ring (bicyclic) bond motifs is 1. The lowest BCUT2D eigenvalue weighted by Crippen LogP contribution is -2.48. The third-order valence-electron chi connectivity index (χ3n) is 10.3. The van der Waals surface area contributed by atoms with Crippen LogP contribution in [0.3, 0.4) is 0 Å². The Morgan fingerprint density at radius 3 is 2.53 bits per heavy atom. The van der Waals surface area contributed by atoms with E-state index >= 15 is 4.39 Å². The summed E-state index contributed by atoms with van der Waals surface area (Å²) in [7, 11) is 0. The van der Waals surface area contributed by atoms with E-state index in [4.69, 9.17) is 4.74 Å². The standard InChI is InChI=1S/C40H50FN7O3/c1-26-8-9-32(20-43-26)45-15-6-7-33(25-45)47(21-28-12-14-42-27(2)17-28)22-29-23-48(31-10-11-31)36-19-37(35(41)18-34(36)38(29)49)46-16-13-30(24-46)44-39(50)51-40(3,4)5/h8-9,12,14,17-20,23,30-31,33H,6-7,10-11,13,15-16,21-22,24-25H2,1-5H3,(H,44,50)/t30-,33-/m0/s1. The van der Waals surface area contributed by atoms with Crippen LogP contribution in [0.1, 0.15) is 81.4 Å². The van der Waals surface area contributed by atoms with Crippen LogP contribution < -0.4 is 20.5 Å². The molecule has 1 aliphatic carbocycles. The number of hydrogen-bond acceptors (Lipinski definition) is 8. The summed E-state index contributed by atoms with van der Waals surface area (Å²) in [5, 5.41) is 3.35. The van der Waals surface area contributed by atoms with Crippen LogP contribution in [0.25, 0.3) is 10.9 Å². The number of alkyl carbamates (subject to hydrolysis) is 1. The number of hydrogen-bond donors (Lipinski definition) is 1. The SMILES string of the molecule is Cc1ccc(N2CCC[C@H](N(Cc3ccnc(C)c3)Cc3cn(C4CC4)c4cc(N5CC[C@H](NC(=O)OC(C)(C)C)C5)c(F)cc4c3=O)C2)cn1. The Bertz CT molecular complexity index is 1950. The van der Waals surface area contributed by atoms with Crippen LogP contribution in [-0.4, -0.2) is 69.4 Å². The number of amides is 1. The van der Waals surface area contributed by atoms with E-state index in [0.29, 0.717) is 49.2 Å². The van der Waals surface area contributed by atoms with Crippen LogP contribution in [0.4, 0.5) is 20.6 Å². The van der Waals surface area contributed by atoms with E-state index in [1.54, 1.807) is 0 Å². The van der Waals surface area contributed by atoms with Crippen molar-refractivity contribution in [2.45, 2.75) is 104 Å². The van der Waals surface area contributed by atoms with Crippen molar-refractivity contribution in [3.05, 3.63) is 93.5 Å². The molecule has 1 N–H and O–H groups in total. The highest BCUT2D eigenvalue weighted by Crippen LogP contribution is 2.39. The molecule has 2 aliphatic heterocycles. The smallest absolute Gasteiger partial charge is 0.407 e. The van der Waals surface area contributed by atoms with E-state index in [9.17, 15) is 9.59 Å². The third-order valence-corrected chi connectivity index (χ3v) is 10.3. The molecule has 4 aromatic rings.